The number of alkyl halides is 3. The van der Waals surface area contributed by atoms with Crippen molar-refractivity contribution in [3.05, 3.63) is 65.5 Å². The van der Waals surface area contributed by atoms with Gasteiger partial charge in [-0.25, -0.2) is 9.78 Å². The number of carbonyl (C=O) groups is 1. The number of rotatable bonds is 7. The van der Waals surface area contributed by atoms with Crippen molar-refractivity contribution in [3.63, 3.8) is 0 Å². The van der Waals surface area contributed by atoms with Crippen LogP contribution in [0.5, 0.6) is 0 Å². The summed E-state index contributed by atoms with van der Waals surface area (Å²) in [7, 11) is 1.64. The number of hydrogen-bond donors (Lipinski definition) is 2. The number of imidazole rings is 1. The average Bonchev–Trinajstić information content (AvgIpc) is 3.01. The Bertz CT molecular complexity index is 992. The highest BCUT2D eigenvalue weighted by Gasteiger charge is 2.30. The number of aryl methyl sites for hydroxylation is 2. The second-order valence-electron chi connectivity index (χ2n) is 8.36. The van der Waals surface area contributed by atoms with Crippen molar-refractivity contribution in [2.75, 3.05) is 13.6 Å². The van der Waals surface area contributed by atoms with Gasteiger partial charge >= 0.3 is 12.2 Å². The molecule has 1 atom stereocenters. The third-order valence-electron chi connectivity index (χ3n) is 6.13. The van der Waals surface area contributed by atoms with E-state index in [1.807, 2.05) is 11.8 Å². The van der Waals surface area contributed by atoms with E-state index >= 15 is 0 Å². The van der Waals surface area contributed by atoms with Crippen LogP contribution in [0, 0.1) is 6.92 Å². The number of allylic oxidation sites excluding steroid dienone is 2. The first-order chi connectivity index (χ1) is 15.7. The van der Waals surface area contributed by atoms with Crippen molar-refractivity contribution in [3.8, 4) is 11.4 Å². The standard InChI is InChI=1S/C25H31F3N4O/c1-4-16-32(24(33)29-3)21-7-5-6-18(8-14-21)9-15-22-17(2)30-23(31-22)19-10-12-20(13-11-19)25(26,27)28/h4,6,10-13,21H,1,5,7-9,14-16H2,2-3H3,(H,29,33)(H,30,31). The first-order valence-electron chi connectivity index (χ1n) is 11.2. The number of urea groups is 1. The van der Waals surface area contributed by atoms with Gasteiger partial charge in [-0.2, -0.15) is 13.2 Å². The number of nitrogens with zero attached hydrogens (tertiary/aromatic N) is 2. The number of aromatic nitrogens is 2. The maximum absolute atomic E-state index is 12.8. The quantitative estimate of drug-likeness (QED) is 0.496. The molecule has 178 valence electrons. The summed E-state index contributed by atoms with van der Waals surface area (Å²) in [5, 5.41) is 2.71. The Hall–Kier alpha value is -3.03. The second kappa shape index (κ2) is 10.7. The average molecular weight is 461 g/mol. The lowest BCUT2D eigenvalue weighted by Crippen LogP contribution is -2.45. The molecule has 0 aliphatic heterocycles. The molecule has 2 amide bonds. The number of carbonyl (C=O) groups excluding carboxylic acids is 1. The predicted octanol–water partition coefficient (Wildman–Crippen LogP) is 6.03. The fourth-order valence-corrected chi connectivity index (χ4v) is 4.27. The Balaban J connectivity index is 1.60. The van der Waals surface area contributed by atoms with Crippen LogP contribution >= 0.6 is 0 Å². The second-order valence-corrected chi connectivity index (χ2v) is 8.36. The number of halogens is 3. The molecule has 5 nitrogen and oxygen atoms in total. The summed E-state index contributed by atoms with van der Waals surface area (Å²) in [6.45, 7) is 6.23. The lowest BCUT2D eigenvalue weighted by atomic mass is 10.0. The molecule has 1 aromatic carbocycles. The van der Waals surface area contributed by atoms with Crippen molar-refractivity contribution < 1.29 is 18.0 Å². The maximum atomic E-state index is 12.8. The highest BCUT2D eigenvalue weighted by atomic mass is 19.4. The normalized spacial score (nSPS) is 16.6. The molecular formula is C25H31F3N4O. The molecule has 0 radical (unpaired) electrons. The largest absolute Gasteiger partial charge is 0.416 e. The SMILES string of the molecule is C=CCN(C(=O)NC)C1CCC=C(CCc2nc(-c3ccc(C(F)(F)F)cc3)[nH]c2C)CC1. The van der Waals surface area contributed by atoms with Crippen LogP contribution in [-0.4, -0.2) is 40.5 Å². The van der Waals surface area contributed by atoms with E-state index in [0.717, 1.165) is 62.0 Å². The molecular weight excluding hydrogens is 429 g/mol. The van der Waals surface area contributed by atoms with Crippen molar-refractivity contribution in [2.45, 2.75) is 57.7 Å². The van der Waals surface area contributed by atoms with E-state index in [0.29, 0.717) is 17.9 Å². The van der Waals surface area contributed by atoms with Gasteiger partial charge in [-0.05, 0) is 57.6 Å². The van der Waals surface area contributed by atoms with Gasteiger partial charge in [0.2, 0.25) is 0 Å². The van der Waals surface area contributed by atoms with Gasteiger partial charge in [-0.1, -0.05) is 29.9 Å². The molecule has 0 fully saturated rings. The fourth-order valence-electron chi connectivity index (χ4n) is 4.27. The number of benzene rings is 1. The van der Waals surface area contributed by atoms with E-state index in [1.165, 1.54) is 17.7 Å². The van der Waals surface area contributed by atoms with Gasteiger partial charge in [0, 0.05) is 30.9 Å². The summed E-state index contributed by atoms with van der Waals surface area (Å²) >= 11 is 0. The monoisotopic (exact) mass is 460 g/mol. The van der Waals surface area contributed by atoms with E-state index in [-0.39, 0.29) is 12.1 Å². The molecule has 1 heterocycles. The van der Waals surface area contributed by atoms with E-state index < -0.39 is 11.7 Å². The summed E-state index contributed by atoms with van der Waals surface area (Å²) in [5.41, 5.74) is 3.16. The zero-order valence-electron chi connectivity index (χ0n) is 19.1. The first kappa shape index (κ1) is 24.6. The summed E-state index contributed by atoms with van der Waals surface area (Å²) in [6.07, 6.45) is 4.96. The molecule has 1 aliphatic carbocycles. The molecule has 0 spiro atoms. The number of aromatic amines is 1. The minimum Gasteiger partial charge on any atom is -0.342 e. The Kier molecular flexibility index (Phi) is 8.00. The van der Waals surface area contributed by atoms with Crippen LogP contribution in [0.15, 0.2) is 48.6 Å². The number of hydrogen-bond acceptors (Lipinski definition) is 2. The summed E-state index contributed by atoms with van der Waals surface area (Å²) < 4.78 is 38.4. The van der Waals surface area contributed by atoms with Gasteiger partial charge in [0.15, 0.2) is 0 Å². The maximum Gasteiger partial charge on any atom is 0.416 e. The number of H-pyrrole nitrogens is 1. The molecule has 8 heteroatoms. The smallest absolute Gasteiger partial charge is 0.342 e. The molecule has 3 rings (SSSR count). The first-order valence-corrected chi connectivity index (χ1v) is 11.2. The van der Waals surface area contributed by atoms with Crippen LogP contribution < -0.4 is 5.32 Å². The van der Waals surface area contributed by atoms with Gasteiger partial charge in [0.05, 0.1) is 11.3 Å². The van der Waals surface area contributed by atoms with Crippen molar-refractivity contribution >= 4 is 6.03 Å². The van der Waals surface area contributed by atoms with Crippen LogP contribution in [0.3, 0.4) is 0 Å². The number of nitrogens with one attached hydrogen (secondary N) is 2. The van der Waals surface area contributed by atoms with E-state index in [1.54, 1.807) is 13.1 Å². The lowest BCUT2D eigenvalue weighted by molar-refractivity contribution is -0.137. The molecule has 1 aliphatic rings. The van der Waals surface area contributed by atoms with Crippen LogP contribution in [0.25, 0.3) is 11.4 Å². The highest BCUT2D eigenvalue weighted by molar-refractivity contribution is 5.74. The molecule has 2 aromatic rings. The van der Waals surface area contributed by atoms with Gasteiger partial charge in [0.25, 0.3) is 0 Å². The van der Waals surface area contributed by atoms with E-state index in [9.17, 15) is 18.0 Å². The van der Waals surface area contributed by atoms with Crippen LogP contribution in [0.2, 0.25) is 0 Å². The minimum absolute atomic E-state index is 0.0775. The lowest BCUT2D eigenvalue weighted by Gasteiger charge is -2.30. The van der Waals surface area contributed by atoms with E-state index in [2.05, 4.69) is 27.9 Å². The van der Waals surface area contributed by atoms with E-state index in [4.69, 9.17) is 0 Å². The highest BCUT2D eigenvalue weighted by Crippen LogP contribution is 2.31. The Morgan fingerprint density at radius 2 is 2.00 bits per heavy atom. The molecule has 33 heavy (non-hydrogen) atoms. The Morgan fingerprint density at radius 3 is 2.64 bits per heavy atom. The number of amides is 2. The topological polar surface area (TPSA) is 61.0 Å². The van der Waals surface area contributed by atoms with Gasteiger partial charge < -0.3 is 15.2 Å². The van der Waals surface area contributed by atoms with Gasteiger partial charge in [-0.3, -0.25) is 0 Å². The Labute approximate surface area is 192 Å². The van der Waals surface area contributed by atoms with Crippen LogP contribution in [0.4, 0.5) is 18.0 Å². The molecule has 0 bridgehead atoms. The summed E-state index contributed by atoms with van der Waals surface area (Å²) in [5.74, 6) is 0.580. The minimum atomic E-state index is -4.35. The van der Waals surface area contributed by atoms with Crippen molar-refractivity contribution in [1.29, 1.82) is 0 Å². The van der Waals surface area contributed by atoms with Crippen molar-refractivity contribution in [1.82, 2.24) is 20.2 Å². The van der Waals surface area contributed by atoms with Crippen LogP contribution in [-0.2, 0) is 12.6 Å². The predicted molar refractivity (Wildman–Crippen MR) is 124 cm³/mol. The molecule has 1 unspecified atom stereocenters. The van der Waals surface area contributed by atoms with Gasteiger partial charge in [-0.15, -0.1) is 6.58 Å². The molecule has 2 N–H and O–H groups in total. The van der Waals surface area contributed by atoms with Crippen molar-refractivity contribution in [2.24, 2.45) is 0 Å². The third-order valence-corrected chi connectivity index (χ3v) is 6.13. The summed E-state index contributed by atoms with van der Waals surface area (Å²) in [6, 6.07) is 5.14. The zero-order valence-corrected chi connectivity index (χ0v) is 19.1. The molecule has 0 saturated carbocycles. The Morgan fingerprint density at radius 1 is 1.27 bits per heavy atom. The fraction of sp³-hybridized carbons (Fsp3) is 0.440. The molecule has 0 saturated heterocycles. The summed E-state index contributed by atoms with van der Waals surface area (Å²) in [4.78, 5) is 21.9. The zero-order chi connectivity index (χ0) is 24.0. The van der Waals surface area contributed by atoms with Crippen LogP contribution in [0.1, 0.15) is 49.1 Å². The third kappa shape index (κ3) is 6.27. The van der Waals surface area contributed by atoms with Gasteiger partial charge in [0.1, 0.15) is 5.82 Å². The molecule has 1 aromatic heterocycles.